The van der Waals surface area contributed by atoms with Gasteiger partial charge in [-0.15, -0.1) is 0 Å². The molecule has 3 rings (SSSR count). The smallest absolute Gasteiger partial charge is 0.261 e. The summed E-state index contributed by atoms with van der Waals surface area (Å²) >= 11 is 0. The number of nitrogens with zero attached hydrogens (tertiary/aromatic N) is 2. The third-order valence-electron chi connectivity index (χ3n) is 3.03. The van der Waals surface area contributed by atoms with Gasteiger partial charge in [-0.1, -0.05) is 23.7 Å². The Morgan fingerprint density at radius 2 is 1.68 bits per heavy atom. The summed E-state index contributed by atoms with van der Waals surface area (Å²) in [5, 5.41) is 0. The highest BCUT2D eigenvalue weighted by Crippen LogP contribution is 2.23. The number of carbonyl (C=O) groups excluding carboxylic acids is 2. The van der Waals surface area contributed by atoms with Crippen LogP contribution in [0, 0.1) is 0 Å². The van der Waals surface area contributed by atoms with Gasteiger partial charge in [0.1, 0.15) is 7.85 Å². The number of carbonyl (C=O) groups is 2. The largest absolute Gasteiger partial charge is 0.270 e. The van der Waals surface area contributed by atoms with Crippen LogP contribution in [0.2, 0.25) is 0 Å². The molecule has 2 aromatic rings. The van der Waals surface area contributed by atoms with E-state index in [0.29, 0.717) is 16.6 Å². The average molecular weight is 248 g/mol. The molecule has 5 heteroatoms. The van der Waals surface area contributed by atoms with E-state index in [1.165, 1.54) is 11.1 Å². The molecule has 0 aliphatic carbocycles. The van der Waals surface area contributed by atoms with Crippen molar-refractivity contribution >= 4 is 25.1 Å². The first-order valence-corrected chi connectivity index (χ1v) is 5.81. The topological polar surface area (TPSA) is 50.3 Å². The molecule has 0 N–H and O–H groups in total. The Kier molecular flexibility index (Phi) is 2.67. The molecule has 4 nitrogen and oxygen atoms in total. The molecular weight excluding hydrogens is 239 g/mol. The molecule has 2 amide bonds. The fourth-order valence-corrected chi connectivity index (χ4v) is 2.16. The molecule has 0 fully saturated rings. The number of rotatable bonds is 2. The summed E-state index contributed by atoms with van der Waals surface area (Å²) in [4.78, 5) is 29.5. The van der Waals surface area contributed by atoms with Gasteiger partial charge >= 0.3 is 0 Å². The Morgan fingerprint density at radius 3 is 2.26 bits per heavy atom. The van der Waals surface area contributed by atoms with Crippen LogP contribution in [0.1, 0.15) is 26.3 Å². The van der Waals surface area contributed by atoms with Gasteiger partial charge in [-0.2, -0.15) is 0 Å². The predicted octanol–water partition coefficient (Wildman–Crippen LogP) is 0.672. The standard InChI is InChI=1S/C14H9BN2O2/c15-10-5-9(6-16-7-10)8-17-13(18)11-3-1-2-4-12(11)14(17)19/h1-7H,8H2. The maximum absolute atomic E-state index is 12.1. The first kappa shape index (κ1) is 11.7. The molecule has 0 saturated carbocycles. The molecular formula is C14H9BN2O2. The molecule has 2 radical (unpaired) electrons. The molecule has 0 unspecified atom stereocenters. The van der Waals surface area contributed by atoms with Gasteiger partial charge in [-0.25, -0.2) is 0 Å². The minimum absolute atomic E-state index is 0.185. The average Bonchev–Trinajstić information content (AvgIpc) is 2.65. The molecule has 1 aromatic carbocycles. The minimum atomic E-state index is -0.275. The van der Waals surface area contributed by atoms with Crippen molar-refractivity contribution in [2.75, 3.05) is 0 Å². The van der Waals surface area contributed by atoms with Gasteiger partial charge in [0.25, 0.3) is 11.8 Å². The molecule has 1 aliphatic rings. The minimum Gasteiger partial charge on any atom is -0.270 e. The highest BCUT2D eigenvalue weighted by molar-refractivity contribution is 6.32. The van der Waals surface area contributed by atoms with E-state index in [-0.39, 0.29) is 18.4 Å². The van der Waals surface area contributed by atoms with Crippen molar-refractivity contribution in [2.45, 2.75) is 6.54 Å². The molecule has 2 heterocycles. The lowest BCUT2D eigenvalue weighted by Crippen LogP contribution is -2.29. The van der Waals surface area contributed by atoms with Gasteiger partial charge in [-0.05, 0) is 17.7 Å². The number of aromatic nitrogens is 1. The van der Waals surface area contributed by atoms with E-state index in [0.717, 1.165) is 5.56 Å². The predicted molar refractivity (Wildman–Crippen MR) is 70.3 cm³/mol. The lowest BCUT2D eigenvalue weighted by molar-refractivity contribution is 0.0642. The van der Waals surface area contributed by atoms with E-state index in [1.54, 1.807) is 36.5 Å². The molecule has 0 bridgehead atoms. The summed E-state index contributed by atoms with van der Waals surface area (Å²) in [5.41, 5.74) is 2.14. The number of fused-ring (bicyclic) bond motifs is 1. The Morgan fingerprint density at radius 1 is 1.05 bits per heavy atom. The second kappa shape index (κ2) is 4.35. The third kappa shape index (κ3) is 1.93. The lowest BCUT2D eigenvalue weighted by Gasteiger charge is -2.13. The number of pyridine rings is 1. The maximum atomic E-state index is 12.1. The zero-order chi connectivity index (χ0) is 13.4. The first-order chi connectivity index (χ1) is 9.16. The van der Waals surface area contributed by atoms with Crippen molar-refractivity contribution in [1.82, 2.24) is 9.88 Å². The van der Waals surface area contributed by atoms with Crippen LogP contribution in [0.5, 0.6) is 0 Å². The van der Waals surface area contributed by atoms with Crippen LogP contribution in [-0.2, 0) is 6.54 Å². The van der Waals surface area contributed by atoms with Gasteiger partial charge in [0.15, 0.2) is 0 Å². The number of amides is 2. The zero-order valence-electron chi connectivity index (χ0n) is 10.0. The van der Waals surface area contributed by atoms with Gasteiger partial charge < -0.3 is 0 Å². The van der Waals surface area contributed by atoms with Crippen molar-refractivity contribution < 1.29 is 9.59 Å². The SMILES string of the molecule is [B]c1cncc(CN2C(=O)c3ccccc3C2=O)c1. The van der Waals surface area contributed by atoms with E-state index in [9.17, 15) is 9.59 Å². The van der Waals surface area contributed by atoms with Crippen LogP contribution >= 0.6 is 0 Å². The van der Waals surface area contributed by atoms with Crippen LogP contribution in [0.25, 0.3) is 0 Å². The summed E-state index contributed by atoms with van der Waals surface area (Å²) in [6, 6.07) is 8.52. The highest BCUT2D eigenvalue weighted by Gasteiger charge is 2.34. The zero-order valence-corrected chi connectivity index (χ0v) is 10.0. The summed E-state index contributed by atoms with van der Waals surface area (Å²) in [7, 11) is 5.64. The van der Waals surface area contributed by atoms with Gasteiger partial charge in [0, 0.05) is 12.4 Å². The number of hydrogen-bond donors (Lipinski definition) is 0. The fourth-order valence-electron chi connectivity index (χ4n) is 2.16. The van der Waals surface area contributed by atoms with Gasteiger partial charge in [-0.3, -0.25) is 19.5 Å². The van der Waals surface area contributed by atoms with Crippen molar-refractivity contribution in [2.24, 2.45) is 0 Å². The number of benzene rings is 1. The Hall–Kier alpha value is -2.43. The monoisotopic (exact) mass is 248 g/mol. The lowest BCUT2D eigenvalue weighted by atomic mass is 9.97. The molecule has 0 saturated heterocycles. The maximum Gasteiger partial charge on any atom is 0.261 e. The quantitative estimate of drug-likeness (QED) is 0.579. The van der Waals surface area contributed by atoms with E-state index < -0.39 is 0 Å². The normalized spacial score (nSPS) is 13.8. The molecule has 0 atom stereocenters. The van der Waals surface area contributed by atoms with E-state index in [1.807, 2.05) is 0 Å². The second-order valence-corrected chi connectivity index (χ2v) is 4.37. The van der Waals surface area contributed by atoms with E-state index >= 15 is 0 Å². The molecule has 1 aromatic heterocycles. The van der Waals surface area contributed by atoms with Crippen LogP contribution < -0.4 is 5.46 Å². The Balaban J connectivity index is 1.92. The molecule has 1 aliphatic heterocycles. The molecule has 0 spiro atoms. The summed E-state index contributed by atoms with van der Waals surface area (Å²) in [6.45, 7) is 0.185. The van der Waals surface area contributed by atoms with E-state index in [4.69, 9.17) is 7.85 Å². The summed E-state index contributed by atoms with van der Waals surface area (Å²) in [6.07, 6.45) is 3.12. The van der Waals surface area contributed by atoms with E-state index in [2.05, 4.69) is 4.98 Å². The number of hydrogen-bond acceptors (Lipinski definition) is 3. The number of imide groups is 1. The summed E-state index contributed by atoms with van der Waals surface area (Å²) < 4.78 is 0. The van der Waals surface area contributed by atoms with Crippen molar-refractivity contribution in [3.63, 3.8) is 0 Å². The summed E-state index contributed by atoms with van der Waals surface area (Å²) in [5.74, 6) is -0.550. The van der Waals surface area contributed by atoms with Crippen LogP contribution in [0.15, 0.2) is 42.7 Å². The van der Waals surface area contributed by atoms with Crippen LogP contribution in [-0.4, -0.2) is 29.5 Å². The van der Waals surface area contributed by atoms with Gasteiger partial charge in [0.2, 0.25) is 0 Å². The fraction of sp³-hybridized carbons (Fsp3) is 0.0714. The molecule has 90 valence electrons. The molecule has 19 heavy (non-hydrogen) atoms. The van der Waals surface area contributed by atoms with Crippen LogP contribution in [0.3, 0.4) is 0 Å². The highest BCUT2D eigenvalue weighted by atomic mass is 16.2. The Bertz CT molecular complexity index is 650. The third-order valence-corrected chi connectivity index (χ3v) is 3.03. The van der Waals surface area contributed by atoms with Crippen molar-refractivity contribution in [3.8, 4) is 0 Å². The van der Waals surface area contributed by atoms with Crippen LogP contribution in [0.4, 0.5) is 0 Å². The first-order valence-electron chi connectivity index (χ1n) is 5.81. The van der Waals surface area contributed by atoms with Gasteiger partial charge in [0.05, 0.1) is 17.7 Å². The van der Waals surface area contributed by atoms with Crippen molar-refractivity contribution in [1.29, 1.82) is 0 Å². The Labute approximate surface area is 111 Å². The second-order valence-electron chi connectivity index (χ2n) is 4.37. The van der Waals surface area contributed by atoms with Crippen molar-refractivity contribution in [3.05, 3.63) is 59.4 Å².